The molecule has 1 fully saturated rings. The summed E-state index contributed by atoms with van der Waals surface area (Å²) >= 11 is 0. The van der Waals surface area contributed by atoms with Gasteiger partial charge in [0, 0.05) is 12.6 Å². The average Bonchev–Trinajstić information content (AvgIpc) is 2.66. The van der Waals surface area contributed by atoms with E-state index in [0.717, 1.165) is 12.5 Å². The fourth-order valence-electron chi connectivity index (χ4n) is 3.52. The molecule has 0 aromatic heterocycles. The summed E-state index contributed by atoms with van der Waals surface area (Å²) in [5.74, 6) is -0.250. The van der Waals surface area contributed by atoms with Crippen molar-refractivity contribution < 1.29 is 29.1 Å². The molecule has 1 atom stereocenters. The lowest BCUT2D eigenvalue weighted by Gasteiger charge is -2.44. The first kappa shape index (κ1) is 18.9. The highest BCUT2D eigenvalue weighted by Crippen LogP contribution is 2.39. The first-order valence-corrected chi connectivity index (χ1v) is 8.86. The Kier molecular flexibility index (Phi) is 5.46. The molecule has 0 aliphatic carbocycles. The number of hydrogen-bond donors (Lipinski definition) is 2. The molecule has 1 aromatic rings. The van der Waals surface area contributed by atoms with Crippen LogP contribution in [0.15, 0.2) is 24.3 Å². The molecule has 2 heterocycles. The lowest BCUT2D eigenvalue weighted by Crippen LogP contribution is -2.56. The highest BCUT2D eigenvalue weighted by atomic mass is 16.6. The third-order valence-corrected chi connectivity index (χ3v) is 4.72. The van der Waals surface area contributed by atoms with Crippen molar-refractivity contribution in [3.05, 3.63) is 35.4 Å². The van der Waals surface area contributed by atoms with Crippen LogP contribution in [0.2, 0.25) is 0 Å². The third kappa shape index (κ3) is 4.11. The van der Waals surface area contributed by atoms with E-state index in [1.54, 1.807) is 30.0 Å². The van der Waals surface area contributed by atoms with Gasteiger partial charge in [-0.3, -0.25) is 14.8 Å². The van der Waals surface area contributed by atoms with Gasteiger partial charge in [-0.25, -0.2) is 10.3 Å². The highest BCUT2D eigenvalue weighted by molar-refractivity contribution is 6.01. The topological polar surface area (TPSA) is 105 Å². The Labute approximate surface area is 156 Å². The third-order valence-electron chi connectivity index (χ3n) is 4.72. The van der Waals surface area contributed by atoms with Gasteiger partial charge >= 0.3 is 6.09 Å². The number of rotatable bonds is 3. The second-order valence-corrected chi connectivity index (χ2v) is 6.67. The fourth-order valence-corrected chi connectivity index (χ4v) is 3.52. The zero-order valence-electron chi connectivity index (χ0n) is 15.1. The zero-order chi connectivity index (χ0) is 19.4. The van der Waals surface area contributed by atoms with Crippen LogP contribution in [0.5, 0.6) is 5.75 Å². The Morgan fingerprint density at radius 2 is 2.26 bits per heavy atom. The molecule has 2 aliphatic rings. The second-order valence-electron chi connectivity index (χ2n) is 6.67. The van der Waals surface area contributed by atoms with Crippen molar-refractivity contribution in [2.75, 3.05) is 19.7 Å². The van der Waals surface area contributed by atoms with Gasteiger partial charge in [-0.05, 0) is 43.5 Å². The van der Waals surface area contributed by atoms with Crippen molar-refractivity contribution in [1.82, 2.24) is 10.4 Å². The van der Waals surface area contributed by atoms with Crippen LogP contribution >= 0.6 is 0 Å². The number of ketones is 1. The molecule has 144 valence electrons. The number of hydroxylamine groups is 1. The summed E-state index contributed by atoms with van der Waals surface area (Å²) in [5.41, 5.74) is 1.86. The van der Waals surface area contributed by atoms with Gasteiger partial charge in [-0.15, -0.1) is 0 Å². The SMILES string of the molecule is CCOC(=O)N1CCCC2(CC(=O)c3cc(C=CC(=O)NO)ccc3O2)C1. The van der Waals surface area contributed by atoms with Gasteiger partial charge < -0.3 is 14.4 Å². The number of carbonyl (C=O) groups excluding carboxylic acids is 3. The summed E-state index contributed by atoms with van der Waals surface area (Å²) in [6, 6.07) is 5.06. The van der Waals surface area contributed by atoms with E-state index in [1.807, 2.05) is 0 Å². The number of carbonyl (C=O) groups is 3. The molecule has 2 aliphatic heterocycles. The van der Waals surface area contributed by atoms with E-state index in [9.17, 15) is 14.4 Å². The Balaban J connectivity index is 1.80. The largest absolute Gasteiger partial charge is 0.484 e. The molecule has 3 rings (SSSR count). The van der Waals surface area contributed by atoms with Crippen LogP contribution in [0.3, 0.4) is 0 Å². The van der Waals surface area contributed by atoms with Gasteiger partial charge in [-0.1, -0.05) is 6.07 Å². The molecule has 27 heavy (non-hydrogen) atoms. The molecular weight excluding hydrogens is 352 g/mol. The monoisotopic (exact) mass is 374 g/mol. The predicted octanol–water partition coefficient (Wildman–Crippen LogP) is 2.16. The Morgan fingerprint density at radius 3 is 3.00 bits per heavy atom. The quantitative estimate of drug-likeness (QED) is 0.477. The Morgan fingerprint density at radius 1 is 1.44 bits per heavy atom. The van der Waals surface area contributed by atoms with E-state index in [4.69, 9.17) is 14.7 Å². The molecular formula is C19H22N2O6. The minimum atomic E-state index is -0.733. The summed E-state index contributed by atoms with van der Waals surface area (Å²) in [4.78, 5) is 37.5. The van der Waals surface area contributed by atoms with Crippen LogP contribution in [-0.4, -0.2) is 53.2 Å². The maximum absolute atomic E-state index is 12.7. The van der Waals surface area contributed by atoms with Crippen molar-refractivity contribution in [3.8, 4) is 5.75 Å². The molecule has 0 radical (unpaired) electrons. The number of fused-ring (bicyclic) bond motifs is 1. The molecule has 1 saturated heterocycles. The maximum atomic E-state index is 12.7. The zero-order valence-corrected chi connectivity index (χ0v) is 15.1. The van der Waals surface area contributed by atoms with Crippen LogP contribution < -0.4 is 10.2 Å². The van der Waals surface area contributed by atoms with Gasteiger partial charge in [-0.2, -0.15) is 0 Å². The first-order chi connectivity index (χ1) is 13.0. The number of nitrogens with zero attached hydrogens (tertiary/aromatic N) is 1. The molecule has 1 unspecified atom stereocenters. The summed E-state index contributed by atoms with van der Waals surface area (Å²) < 4.78 is 11.2. The van der Waals surface area contributed by atoms with Crippen LogP contribution in [-0.2, 0) is 9.53 Å². The van der Waals surface area contributed by atoms with Gasteiger partial charge in [0.2, 0.25) is 0 Å². The summed E-state index contributed by atoms with van der Waals surface area (Å²) in [6.45, 7) is 2.96. The molecule has 0 bridgehead atoms. The number of likely N-dealkylation sites (tertiary alicyclic amines) is 1. The van der Waals surface area contributed by atoms with Gasteiger partial charge in [0.15, 0.2) is 5.78 Å². The molecule has 8 nitrogen and oxygen atoms in total. The Hall–Kier alpha value is -2.87. The minimum absolute atomic E-state index is 0.0659. The van der Waals surface area contributed by atoms with Crippen LogP contribution in [0, 0.1) is 0 Å². The second kappa shape index (κ2) is 7.79. The minimum Gasteiger partial charge on any atom is -0.484 e. The van der Waals surface area contributed by atoms with Gasteiger partial charge in [0.05, 0.1) is 25.1 Å². The number of benzene rings is 1. The fraction of sp³-hybridized carbons (Fsp3) is 0.421. The molecule has 8 heteroatoms. The number of ether oxygens (including phenoxy) is 2. The average molecular weight is 374 g/mol. The van der Waals surface area contributed by atoms with E-state index in [-0.39, 0.29) is 18.3 Å². The number of piperidine rings is 1. The van der Waals surface area contributed by atoms with E-state index >= 15 is 0 Å². The summed E-state index contributed by atoms with van der Waals surface area (Å²) in [6.07, 6.45) is 3.87. The highest BCUT2D eigenvalue weighted by Gasteiger charge is 2.45. The van der Waals surface area contributed by atoms with Crippen LogP contribution in [0.4, 0.5) is 4.79 Å². The van der Waals surface area contributed by atoms with Crippen molar-refractivity contribution in [2.24, 2.45) is 0 Å². The van der Waals surface area contributed by atoms with Crippen LogP contribution in [0.1, 0.15) is 42.1 Å². The smallest absolute Gasteiger partial charge is 0.409 e. The van der Waals surface area contributed by atoms with E-state index in [1.165, 1.54) is 11.6 Å². The number of Topliss-reactive ketones (excluding diaryl/α,β-unsaturated/α-hetero) is 1. The van der Waals surface area contributed by atoms with E-state index in [2.05, 4.69) is 0 Å². The predicted molar refractivity (Wildman–Crippen MR) is 95.5 cm³/mol. The van der Waals surface area contributed by atoms with Crippen molar-refractivity contribution in [1.29, 1.82) is 0 Å². The Bertz CT molecular complexity index is 790. The number of hydrogen-bond acceptors (Lipinski definition) is 6. The van der Waals surface area contributed by atoms with Crippen molar-refractivity contribution >= 4 is 23.9 Å². The molecule has 1 spiro atoms. The summed E-state index contributed by atoms with van der Waals surface area (Å²) in [7, 11) is 0. The lowest BCUT2D eigenvalue weighted by atomic mass is 9.83. The molecule has 2 N–H and O–H groups in total. The first-order valence-electron chi connectivity index (χ1n) is 8.86. The van der Waals surface area contributed by atoms with E-state index < -0.39 is 11.5 Å². The maximum Gasteiger partial charge on any atom is 0.409 e. The lowest BCUT2D eigenvalue weighted by molar-refractivity contribution is -0.124. The number of amides is 2. The van der Waals surface area contributed by atoms with Crippen molar-refractivity contribution in [3.63, 3.8) is 0 Å². The van der Waals surface area contributed by atoms with E-state index in [0.29, 0.717) is 43.0 Å². The number of nitrogens with one attached hydrogen (secondary N) is 1. The van der Waals surface area contributed by atoms with Crippen LogP contribution in [0.25, 0.3) is 6.08 Å². The normalized spacial score (nSPS) is 21.7. The standard InChI is InChI=1S/C19H22N2O6/c1-2-26-18(24)21-9-3-8-19(12-21)11-15(22)14-10-13(4-6-16(14)27-19)5-7-17(23)20-25/h4-7,10,25H,2-3,8-9,11-12H2,1H3,(H,20,23). The van der Waals surface area contributed by atoms with Gasteiger partial charge in [0.25, 0.3) is 5.91 Å². The van der Waals surface area contributed by atoms with Crippen molar-refractivity contribution in [2.45, 2.75) is 31.8 Å². The molecule has 2 amide bonds. The molecule has 0 saturated carbocycles. The van der Waals surface area contributed by atoms with Gasteiger partial charge in [0.1, 0.15) is 11.4 Å². The summed E-state index contributed by atoms with van der Waals surface area (Å²) in [5, 5.41) is 8.52. The molecule has 1 aromatic carbocycles.